The molecule has 0 aliphatic carbocycles. The standard InChI is InChI=1S/C32H67N.C8H7N/c1-3-5-7-9-11-13-15-17-19-21-23-25-27-29-31-33-32-30-28-26-24-22-20-18-16-14-12-10-8-6-4-2;1-7-3-2-4-8(5-7)6-9/h33H,3-32H2,1-2H3;2-5H,1H3. The summed E-state index contributed by atoms with van der Waals surface area (Å²) in [6.45, 7) is 9.07. The predicted octanol–water partition coefficient (Wildman–Crippen LogP) is 13.4. The molecule has 0 bridgehead atoms. The zero-order valence-corrected chi connectivity index (χ0v) is 29.0. The first-order valence-corrected chi connectivity index (χ1v) is 18.9. The number of aryl methyl sites for hydroxylation is 1. The molecule has 0 aromatic heterocycles. The maximum atomic E-state index is 8.41. The monoisotopic (exact) mass is 583 g/mol. The van der Waals surface area contributed by atoms with Crippen molar-refractivity contribution < 1.29 is 0 Å². The van der Waals surface area contributed by atoms with E-state index in [0.717, 1.165) is 11.1 Å². The highest BCUT2D eigenvalue weighted by atomic mass is 14.8. The number of unbranched alkanes of at least 4 members (excludes halogenated alkanes) is 26. The zero-order chi connectivity index (χ0) is 30.6. The second-order valence-corrected chi connectivity index (χ2v) is 12.9. The first-order valence-electron chi connectivity index (χ1n) is 18.9. The lowest BCUT2D eigenvalue weighted by Gasteiger charge is -2.06. The van der Waals surface area contributed by atoms with Crippen LogP contribution in [0.5, 0.6) is 0 Å². The summed E-state index contributed by atoms with van der Waals surface area (Å²) in [6, 6.07) is 9.58. The Balaban J connectivity index is 0.00000157. The Kier molecular flexibility index (Phi) is 34.7. The van der Waals surface area contributed by atoms with E-state index in [0.29, 0.717) is 0 Å². The molecule has 1 rings (SSSR count). The molecule has 1 aromatic carbocycles. The molecule has 2 heteroatoms. The van der Waals surface area contributed by atoms with E-state index in [4.69, 9.17) is 5.26 Å². The molecule has 1 N–H and O–H groups in total. The van der Waals surface area contributed by atoms with Crippen molar-refractivity contribution in [2.45, 2.75) is 201 Å². The number of nitrogens with one attached hydrogen (secondary N) is 1. The van der Waals surface area contributed by atoms with Crippen molar-refractivity contribution >= 4 is 0 Å². The van der Waals surface area contributed by atoms with Crippen LogP contribution in [0.15, 0.2) is 24.3 Å². The molecule has 0 amide bonds. The topological polar surface area (TPSA) is 35.8 Å². The van der Waals surface area contributed by atoms with Gasteiger partial charge in [-0.25, -0.2) is 0 Å². The highest BCUT2D eigenvalue weighted by Gasteiger charge is 1.96. The van der Waals surface area contributed by atoms with Crippen molar-refractivity contribution in [3.8, 4) is 6.07 Å². The zero-order valence-electron chi connectivity index (χ0n) is 29.0. The van der Waals surface area contributed by atoms with E-state index in [2.05, 4.69) is 25.2 Å². The number of hydrogen-bond acceptors (Lipinski definition) is 2. The Bertz CT molecular complexity index is 646. The Labute approximate surface area is 265 Å². The fraction of sp³-hybridized carbons (Fsp3) is 0.825. The summed E-state index contributed by atoms with van der Waals surface area (Å²) in [5, 5.41) is 12.1. The Morgan fingerprint density at radius 3 is 1.05 bits per heavy atom. The van der Waals surface area contributed by atoms with Crippen LogP contribution in [0.1, 0.15) is 205 Å². The molecule has 0 aliphatic rings. The van der Waals surface area contributed by atoms with E-state index in [-0.39, 0.29) is 0 Å². The molecule has 0 fully saturated rings. The van der Waals surface area contributed by atoms with E-state index >= 15 is 0 Å². The molecule has 2 nitrogen and oxygen atoms in total. The smallest absolute Gasteiger partial charge is 0.0991 e. The number of rotatable bonds is 30. The van der Waals surface area contributed by atoms with Gasteiger partial charge in [0.1, 0.15) is 0 Å². The molecule has 0 unspecified atom stereocenters. The van der Waals surface area contributed by atoms with Gasteiger partial charge in [-0.3, -0.25) is 0 Å². The average Bonchev–Trinajstić information content (AvgIpc) is 3.00. The Morgan fingerprint density at radius 1 is 0.476 bits per heavy atom. The maximum Gasteiger partial charge on any atom is 0.0991 e. The number of benzene rings is 1. The third kappa shape index (κ3) is 33.2. The minimum atomic E-state index is 0.731. The molecule has 0 radical (unpaired) electrons. The number of hydrogen-bond donors (Lipinski definition) is 1. The SMILES string of the molecule is CCCCCCCCCCCCCCCCNCCCCCCCCCCCCCCCC.Cc1cccc(C#N)c1. The summed E-state index contributed by atoms with van der Waals surface area (Å²) in [5.74, 6) is 0. The van der Waals surface area contributed by atoms with Crippen LogP contribution in [0, 0.1) is 18.3 Å². The van der Waals surface area contributed by atoms with E-state index in [1.807, 2.05) is 25.1 Å². The van der Waals surface area contributed by atoms with Crippen LogP contribution in [0.2, 0.25) is 0 Å². The van der Waals surface area contributed by atoms with Crippen LogP contribution in [-0.4, -0.2) is 13.1 Å². The first kappa shape index (κ1) is 40.7. The summed E-state index contributed by atoms with van der Waals surface area (Å²) in [6.07, 6.45) is 40.7. The lowest BCUT2D eigenvalue weighted by atomic mass is 10.0. The van der Waals surface area contributed by atoms with Gasteiger partial charge in [0.05, 0.1) is 11.6 Å². The van der Waals surface area contributed by atoms with Gasteiger partial charge in [-0.2, -0.15) is 5.26 Å². The lowest BCUT2D eigenvalue weighted by Crippen LogP contribution is -2.16. The van der Waals surface area contributed by atoms with Crippen molar-refractivity contribution in [3.63, 3.8) is 0 Å². The van der Waals surface area contributed by atoms with Crippen LogP contribution < -0.4 is 5.32 Å². The fourth-order valence-electron chi connectivity index (χ4n) is 5.73. The predicted molar refractivity (Wildman–Crippen MR) is 189 cm³/mol. The normalized spacial score (nSPS) is 10.8. The van der Waals surface area contributed by atoms with Crippen LogP contribution in [-0.2, 0) is 0 Å². The van der Waals surface area contributed by atoms with E-state index in [1.54, 1.807) is 6.07 Å². The van der Waals surface area contributed by atoms with Gasteiger partial charge in [0.2, 0.25) is 0 Å². The molecule has 0 saturated carbocycles. The molecular formula is C40H74N2. The summed E-state index contributed by atoms with van der Waals surface area (Å²) in [5.41, 5.74) is 1.86. The summed E-state index contributed by atoms with van der Waals surface area (Å²) in [4.78, 5) is 0. The van der Waals surface area contributed by atoms with E-state index in [1.165, 1.54) is 193 Å². The molecule has 0 heterocycles. The van der Waals surface area contributed by atoms with E-state index in [9.17, 15) is 0 Å². The third-order valence-electron chi connectivity index (χ3n) is 8.56. The van der Waals surface area contributed by atoms with Gasteiger partial charge >= 0.3 is 0 Å². The van der Waals surface area contributed by atoms with Gasteiger partial charge in [0, 0.05) is 0 Å². The average molecular weight is 583 g/mol. The minimum absolute atomic E-state index is 0.731. The highest BCUT2D eigenvalue weighted by Crippen LogP contribution is 2.14. The van der Waals surface area contributed by atoms with Gasteiger partial charge in [0.25, 0.3) is 0 Å². The molecule has 0 aliphatic heterocycles. The van der Waals surface area contributed by atoms with Gasteiger partial charge in [-0.05, 0) is 50.6 Å². The lowest BCUT2D eigenvalue weighted by molar-refractivity contribution is 0.518. The Morgan fingerprint density at radius 2 is 0.786 bits per heavy atom. The van der Waals surface area contributed by atoms with Crippen LogP contribution in [0.25, 0.3) is 0 Å². The third-order valence-corrected chi connectivity index (χ3v) is 8.56. The van der Waals surface area contributed by atoms with Gasteiger partial charge in [-0.1, -0.05) is 193 Å². The minimum Gasteiger partial charge on any atom is -0.317 e. The molecule has 42 heavy (non-hydrogen) atoms. The summed E-state index contributed by atoms with van der Waals surface area (Å²) < 4.78 is 0. The molecule has 1 aromatic rings. The molecule has 0 atom stereocenters. The van der Waals surface area contributed by atoms with Gasteiger partial charge in [0.15, 0.2) is 0 Å². The quantitative estimate of drug-likeness (QED) is 0.0916. The van der Waals surface area contributed by atoms with Crippen LogP contribution >= 0.6 is 0 Å². The van der Waals surface area contributed by atoms with Crippen LogP contribution in [0.3, 0.4) is 0 Å². The summed E-state index contributed by atoms with van der Waals surface area (Å²) >= 11 is 0. The molecule has 0 spiro atoms. The largest absolute Gasteiger partial charge is 0.317 e. The van der Waals surface area contributed by atoms with Gasteiger partial charge in [-0.15, -0.1) is 0 Å². The van der Waals surface area contributed by atoms with Crippen molar-refractivity contribution in [2.75, 3.05) is 13.1 Å². The van der Waals surface area contributed by atoms with Crippen molar-refractivity contribution in [2.24, 2.45) is 0 Å². The van der Waals surface area contributed by atoms with E-state index < -0.39 is 0 Å². The first-order chi connectivity index (χ1) is 20.7. The summed E-state index contributed by atoms with van der Waals surface area (Å²) in [7, 11) is 0. The Hall–Kier alpha value is -1.33. The number of nitrogens with zero attached hydrogens (tertiary/aromatic N) is 1. The molecular weight excluding hydrogens is 508 g/mol. The second-order valence-electron chi connectivity index (χ2n) is 12.9. The van der Waals surface area contributed by atoms with Crippen LogP contribution in [0.4, 0.5) is 0 Å². The number of nitriles is 1. The molecule has 244 valence electrons. The maximum absolute atomic E-state index is 8.41. The van der Waals surface area contributed by atoms with Crippen molar-refractivity contribution in [1.29, 1.82) is 5.26 Å². The van der Waals surface area contributed by atoms with Gasteiger partial charge < -0.3 is 5.32 Å². The second kappa shape index (κ2) is 35.9. The van der Waals surface area contributed by atoms with Crippen molar-refractivity contribution in [3.05, 3.63) is 35.4 Å². The highest BCUT2D eigenvalue weighted by molar-refractivity contribution is 5.31. The molecule has 0 saturated heterocycles. The van der Waals surface area contributed by atoms with Crippen molar-refractivity contribution in [1.82, 2.24) is 5.32 Å². The fourth-order valence-corrected chi connectivity index (χ4v) is 5.73.